The molecule has 21 aliphatic carbocycles. The van der Waals surface area contributed by atoms with Crippen molar-refractivity contribution in [2.24, 2.45) is 145 Å². The van der Waals surface area contributed by atoms with Crippen molar-refractivity contribution in [3.63, 3.8) is 0 Å². The Morgan fingerprint density at radius 2 is 0.646 bits per heavy atom. The first-order valence-corrected chi connectivity index (χ1v) is 39.6. The van der Waals surface area contributed by atoms with Gasteiger partial charge >= 0.3 is 47.6 Å². The van der Waals surface area contributed by atoms with Crippen LogP contribution >= 0.6 is 0 Å². The first-order chi connectivity index (χ1) is 46.2. The van der Waals surface area contributed by atoms with Crippen molar-refractivity contribution in [1.29, 1.82) is 0 Å². The van der Waals surface area contributed by atoms with Crippen LogP contribution in [0.1, 0.15) is 267 Å². The van der Waals surface area contributed by atoms with Gasteiger partial charge in [0, 0.05) is 42.4 Å². The predicted octanol–water partition coefficient (Wildman–Crippen LogP) is 19.5. The van der Waals surface area contributed by atoms with E-state index in [-0.39, 0.29) is 41.5 Å². The Bertz CT molecular complexity index is 2640. The molecule has 0 aromatic rings. The van der Waals surface area contributed by atoms with E-state index in [1.807, 2.05) is 0 Å². The number of rotatable bonds is 16. The number of esters is 5. The smallest absolute Gasteiger partial charge is 0.376 e. The zero-order valence-electron chi connectivity index (χ0n) is 61.0. The lowest BCUT2D eigenvalue weighted by molar-refractivity contribution is -0.190. The molecule has 0 aliphatic heterocycles. The Labute approximate surface area is 585 Å². The standard InChI is InChI=1S/C21H32F2O2.C16H22F2O2.2C15H23FO2.C14H20F2O2/c1-14-3-5-17(6-4-14)21-10-15-7-16(11-21)9-20(8-15,12-21)13-25-18(24)19(2,22)23;1-16(17,18)15(19)20-7-11-5-10-6-12(11)14-9-3-2-8(4-9)13(10)14;2*1-14(2,16)13(17)18-9-15-6-10-3-11(7-15)5-12(4-10)8-15;1-13(15,16)12(17)18-8-14-5-9-2-10(6-14)4-11(3-9)7-14/h14-17H,3-13H2,1-2H3;8-14H,2-7H2,1H3;2*10-12H,3-9H2,1-2H3;9-11H,2-8H2,1H3. The van der Waals surface area contributed by atoms with Crippen LogP contribution in [0, 0.1) is 145 Å². The summed E-state index contributed by atoms with van der Waals surface area (Å²) < 4.78 is 130. The van der Waals surface area contributed by atoms with E-state index in [1.54, 1.807) is 0 Å². The Balaban J connectivity index is 0.000000112. The van der Waals surface area contributed by atoms with Gasteiger partial charge in [-0.1, -0.05) is 19.8 Å². The number of halogens is 8. The summed E-state index contributed by atoms with van der Waals surface area (Å²) in [6.45, 7) is 10.8. The highest BCUT2D eigenvalue weighted by atomic mass is 19.3. The molecular formula is C81H120F8O10. The van der Waals surface area contributed by atoms with Gasteiger partial charge < -0.3 is 23.7 Å². The van der Waals surface area contributed by atoms with Gasteiger partial charge in [-0.2, -0.15) is 26.3 Å². The molecule has 20 bridgehead atoms. The Kier molecular flexibility index (Phi) is 20.4. The van der Waals surface area contributed by atoms with Gasteiger partial charge in [-0.05, 0) is 351 Å². The van der Waals surface area contributed by atoms with Gasteiger partial charge in [0.25, 0.3) is 0 Å². The number of carbonyl (C=O) groups is 5. The summed E-state index contributed by atoms with van der Waals surface area (Å²) >= 11 is 0. The van der Waals surface area contributed by atoms with Crippen molar-refractivity contribution in [3.05, 3.63) is 0 Å². The second kappa shape index (κ2) is 27.3. The quantitative estimate of drug-likeness (QED) is 0.0637. The molecule has 21 aliphatic rings. The maximum absolute atomic E-state index is 13.5. The average Bonchev–Trinajstić information content (AvgIpc) is 1.40. The van der Waals surface area contributed by atoms with Crippen molar-refractivity contribution < 1.29 is 82.8 Å². The van der Waals surface area contributed by atoms with Crippen molar-refractivity contribution in [2.45, 2.75) is 296 Å². The molecule has 0 spiro atoms. The summed E-state index contributed by atoms with van der Waals surface area (Å²) in [6.07, 6.45) is 41.7. The van der Waals surface area contributed by atoms with Gasteiger partial charge in [-0.25, -0.2) is 32.8 Å². The van der Waals surface area contributed by atoms with E-state index in [9.17, 15) is 59.1 Å². The summed E-state index contributed by atoms with van der Waals surface area (Å²) in [4.78, 5) is 57.1. The van der Waals surface area contributed by atoms with E-state index in [2.05, 4.69) is 6.92 Å². The summed E-state index contributed by atoms with van der Waals surface area (Å²) in [7, 11) is 0. The van der Waals surface area contributed by atoms with E-state index in [0.29, 0.717) is 51.2 Å². The molecule has 0 amide bonds. The Morgan fingerprint density at radius 1 is 0.333 bits per heavy atom. The molecule has 0 aromatic heterocycles. The molecule has 0 saturated heterocycles. The van der Waals surface area contributed by atoms with Crippen LogP contribution in [0.3, 0.4) is 0 Å². The zero-order valence-corrected chi connectivity index (χ0v) is 61.0. The average molecular weight is 1410 g/mol. The number of alkyl halides is 8. The number of hydrogen-bond acceptors (Lipinski definition) is 10. The van der Waals surface area contributed by atoms with Gasteiger partial charge in [-0.3, -0.25) is 0 Å². The maximum Gasteiger partial charge on any atom is 0.376 e. The van der Waals surface area contributed by atoms with Crippen molar-refractivity contribution >= 4 is 29.8 Å². The minimum Gasteiger partial charge on any atom is -0.463 e. The minimum atomic E-state index is -3.38. The molecule has 18 heteroatoms. The van der Waals surface area contributed by atoms with E-state index in [4.69, 9.17) is 23.7 Å². The fraction of sp³-hybridized carbons (Fsp3) is 0.938. The molecule has 10 nitrogen and oxygen atoms in total. The molecular weight excluding hydrogens is 1280 g/mol. The van der Waals surface area contributed by atoms with E-state index >= 15 is 0 Å². The van der Waals surface area contributed by atoms with Crippen LogP contribution in [0.2, 0.25) is 0 Å². The second-order valence-corrected chi connectivity index (χ2v) is 39.7. The molecule has 560 valence electrons. The lowest BCUT2D eigenvalue weighted by Gasteiger charge is -2.64. The van der Waals surface area contributed by atoms with Crippen LogP contribution in [0.4, 0.5) is 35.1 Å². The van der Waals surface area contributed by atoms with E-state index in [1.165, 1.54) is 195 Å². The molecule has 9 unspecified atom stereocenters. The first-order valence-electron chi connectivity index (χ1n) is 39.6. The molecule has 0 aromatic carbocycles. The van der Waals surface area contributed by atoms with Crippen LogP contribution in [0.25, 0.3) is 0 Å². The van der Waals surface area contributed by atoms with Gasteiger partial charge in [0.05, 0.1) is 33.0 Å². The number of hydrogen-bond donors (Lipinski definition) is 0. The normalized spacial score (nSPS) is 44.4. The van der Waals surface area contributed by atoms with Gasteiger partial charge in [0.2, 0.25) is 11.3 Å². The number of ether oxygens (including phenoxy) is 5. The molecule has 0 radical (unpaired) electrons. The fourth-order valence-electron chi connectivity index (χ4n) is 28.1. The third-order valence-corrected chi connectivity index (χ3v) is 30.0. The SMILES string of the molecule is CC(C)(F)C(=O)OCC12CC3CC(CC(C3)C1)C2.CC(C)(F)C(=O)OCC12CC3CC(CC(C3)C1)C2.CC(F)(F)C(=O)OCC12CC3CC(CC(C3)C1)C2.CC(F)(F)C(=O)OCC1CC2CC1C1C3CCC(C3)C21.CC1CCC(C23CC4CC(CC(COC(=O)C(C)(F)F)(C4)C2)C3)CC1. The minimum absolute atomic E-state index is 0.0198. The number of fused-ring (bicyclic) bond motifs is 9. The molecule has 9 atom stereocenters. The van der Waals surface area contributed by atoms with Crippen molar-refractivity contribution in [3.8, 4) is 0 Å². The van der Waals surface area contributed by atoms with Crippen LogP contribution < -0.4 is 0 Å². The molecule has 99 heavy (non-hydrogen) atoms. The topological polar surface area (TPSA) is 132 Å². The van der Waals surface area contributed by atoms with E-state index in [0.717, 1.165) is 151 Å². The summed E-state index contributed by atoms with van der Waals surface area (Å²) in [5, 5.41) is 0. The molecule has 0 heterocycles. The van der Waals surface area contributed by atoms with E-state index < -0.39 is 59.0 Å². The molecule has 0 N–H and O–H groups in total. The largest absolute Gasteiger partial charge is 0.463 e. The van der Waals surface area contributed by atoms with Gasteiger partial charge in [-0.15, -0.1) is 0 Å². The first kappa shape index (κ1) is 74.1. The highest BCUT2D eigenvalue weighted by Crippen LogP contribution is 2.71. The molecule has 21 rings (SSSR count). The highest BCUT2D eigenvalue weighted by Gasteiger charge is 2.64. The summed E-state index contributed by atoms with van der Waals surface area (Å²) in [5.74, 6) is 0.170. The monoisotopic (exact) mass is 1400 g/mol. The maximum atomic E-state index is 13.5. The highest BCUT2D eigenvalue weighted by molar-refractivity contribution is 5.79. The third kappa shape index (κ3) is 16.3. The van der Waals surface area contributed by atoms with Gasteiger partial charge in [0.15, 0.2) is 0 Å². The summed E-state index contributed by atoms with van der Waals surface area (Å²) in [5.41, 5.74) is -2.93. The lowest BCUT2D eigenvalue weighted by atomic mass is 9.41. The lowest BCUT2D eigenvalue weighted by Crippen LogP contribution is -2.56. The Hall–Kier alpha value is -3.21. The number of carbonyl (C=O) groups excluding carboxylic acids is 5. The van der Waals surface area contributed by atoms with Crippen molar-refractivity contribution in [1.82, 2.24) is 0 Å². The predicted molar refractivity (Wildman–Crippen MR) is 357 cm³/mol. The third-order valence-electron chi connectivity index (χ3n) is 30.0. The zero-order chi connectivity index (χ0) is 70.8. The second-order valence-electron chi connectivity index (χ2n) is 39.7. The van der Waals surface area contributed by atoms with Crippen LogP contribution in [-0.2, 0) is 47.7 Å². The van der Waals surface area contributed by atoms with Crippen molar-refractivity contribution in [2.75, 3.05) is 33.0 Å². The fourth-order valence-corrected chi connectivity index (χ4v) is 28.1. The van der Waals surface area contributed by atoms with Crippen LogP contribution in [-0.4, -0.2) is 92.0 Å². The molecule has 21 fully saturated rings. The van der Waals surface area contributed by atoms with Gasteiger partial charge in [0.1, 0.15) is 0 Å². The molecule has 21 saturated carbocycles. The Morgan fingerprint density at radius 3 is 1.00 bits per heavy atom. The van der Waals surface area contributed by atoms with Crippen LogP contribution in [0.5, 0.6) is 0 Å². The summed E-state index contributed by atoms with van der Waals surface area (Å²) in [6, 6.07) is 0. The van der Waals surface area contributed by atoms with Crippen LogP contribution in [0.15, 0.2) is 0 Å².